The molecule has 1 atom stereocenters. The van der Waals surface area contributed by atoms with Crippen molar-refractivity contribution in [1.82, 2.24) is 20.4 Å². The van der Waals surface area contributed by atoms with Gasteiger partial charge in [0.15, 0.2) is 5.96 Å². The Kier molecular flexibility index (Phi) is 10.3. The van der Waals surface area contributed by atoms with Crippen LogP contribution >= 0.6 is 0 Å². The lowest BCUT2D eigenvalue weighted by Gasteiger charge is -2.30. The molecule has 0 aliphatic carbocycles. The second kappa shape index (κ2) is 11.7. The minimum Gasteiger partial charge on any atom is -0.357 e. The molecule has 5 nitrogen and oxygen atoms in total. The van der Waals surface area contributed by atoms with E-state index >= 15 is 0 Å². The summed E-state index contributed by atoms with van der Waals surface area (Å²) in [6, 6.07) is 1.21. The molecule has 24 heavy (non-hydrogen) atoms. The summed E-state index contributed by atoms with van der Waals surface area (Å²) in [7, 11) is 0. The van der Waals surface area contributed by atoms with E-state index < -0.39 is 0 Å². The molecule has 1 aliphatic rings. The van der Waals surface area contributed by atoms with Crippen LogP contribution in [0, 0.1) is 5.92 Å². The number of nitrogens with one attached hydrogen (secondary N) is 2. The molecule has 1 fully saturated rings. The van der Waals surface area contributed by atoms with E-state index in [9.17, 15) is 0 Å². The first-order valence-electron chi connectivity index (χ1n) is 9.98. The van der Waals surface area contributed by atoms with Gasteiger partial charge in [0.25, 0.3) is 0 Å². The number of guanidine groups is 1. The van der Waals surface area contributed by atoms with Gasteiger partial charge < -0.3 is 15.5 Å². The Balaban J connectivity index is 2.33. The minimum absolute atomic E-state index is 0.607. The van der Waals surface area contributed by atoms with Crippen molar-refractivity contribution in [1.29, 1.82) is 0 Å². The van der Waals surface area contributed by atoms with Crippen molar-refractivity contribution >= 4 is 5.96 Å². The van der Waals surface area contributed by atoms with E-state index in [2.05, 4.69) is 62.0 Å². The largest absolute Gasteiger partial charge is 0.357 e. The molecule has 0 aromatic rings. The first-order chi connectivity index (χ1) is 11.5. The van der Waals surface area contributed by atoms with Crippen molar-refractivity contribution in [2.45, 2.75) is 66.5 Å². The monoisotopic (exact) mass is 339 g/mol. The van der Waals surface area contributed by atoms with Gasteiger partial charge in [-0.3, -0.25) is 9.89 Å². The summed E-state index contributed by atoms with van der Waals surface area (Å²) in [5, 5.41) is 6.88. The predicted molar refractivity (Wildman–Crippen MR) is 106 cm³/mol. The third-order valence-electron chi connectivity index (χ3n) is 4.88. The van der Waals surface area contributed by atoms with E-state index in [1.54, 1.807) is 0 Å². The third kappa shape index (κ3) is 7.84. The Morgan fingerprint density at radius 1 is 1.17 bits per heavy atom. The Morgan fingerprint density at radius 3 is 2.42 bits per heavy atom. The molecule has 0 aromatic carbocycles. The van der Waals surface area contributed by atoms with Crippen LogP contribution in [0.15, 0.2) is 4.99 Å². The molecule has 0 amide bonds. The van der Waals surface area contributed by atoms with E-state index in [1.165, 1.54) is 26.1 Å². The minimum atomic E-state index is 0.607. The molecular formula is C19H41N5. The van der Waals surface area contributed by atoms with E-state index in [-0.39, 0.29) is 0 Å². The van der Waals surface area contributed by atoms with Gasteiger partial charge in [0.2, 0.25) is 0 Å². The Labute approximate surface area is 150 Å². The topological polar surface area (TPSA) is 42.9 Å². The van der Waals surface area contributed by atoms with Crippen LogP contribution in [-0.4, -0.2) is 73.7 Å². The van der Waals surface area contributed by atoms with E-state index in [0.717, 1.165) is 44.5 Å². The predicted octanol–water partition coefficient (Wildman–Crippen LogP) is 2.39. The van der Waals surface area contributed by atoms with E-state index in [4.69, 9.17) is 4.99 Å². The van der Waals surface area contributed by atoms with Crippen LogP contribution in [-0.2, 0) is 0 Å². The van der Waals surface area contributed by atoms with Gasteiger partial charge in [-0.1, -0.05) is 6.92 Å². The smallest absolute Gasteiger partial charge is 0.191 e. The van der Waals surface area contributed by atoms with Crippen LogP contribution in [0.5, 0.6) is 0 Å². The number of likely N-dealkylation sites (tertiary alicyclic amines) is 1. The van der Waals surface area contributed by atoms with Crippen molar-refractivity contribution in [2.75, 3.05) is 45.8 Å². The highest BCUT2D eigenvalue weighted by atomic mass is 15.2. The van der Waals surface area contributed by atoms with Crippen molar-refractivity contribution < 1.29 is 0 Å². The molecule has 0 bridgehead atoms. The summed E-state index contributed by atoms with van der Waals surface area (Å²) in [4.78, 5) is 9.87. The highest BCUT2D eigenvalue weighted by Crippen LogP contribution is 2.15. The Hall–Kier alpha value is -0.810. The lowest BCUT2D eigenvalue weighted by Crippen LogP contribution is -2.41. The number of rotatable bonds is 10. The molecule has 0 radical (unpaired) electrons. The zero-order chi connectivity index (χ0) is 17.9. The molecule has 0 saturated carbocycles. The number of hydrogen-bond donors (Lipinski definition) is 2. The van der Waals surface area contributed by atoms with Crippen LogP contribution in [0.25, 0.3) is 0 Å². The van der Waals surface area contributed by atoms with Gasteiger partial charge >= 0.3 is 0 Å². The van der Waals surface area contributed by atoms with Crippen LogP contribution in [0.1, 0.15) is 54.4 Å². The van der Waals surface area contributed by atoms with Gasteiger partial charge in [-0.05, 0) is 66.5 Å². The number of hydrogen-bond acceptors (Lipinski definition) is 3. The van der Waals surface area contributed by atoms with Crippen molar-refractivity contribution in [3.8, 4) is 0 Å². The van der Waals surface area contributed by atoms with Crippen molar-refractivity contribution in [3.63, 3.8) is 0 Å². The fourth-order valence-corrected chi connectivity index (χ4v) is 3.49. The molecule has 1 aliphatic heterocycles. The van der Waals surface area contributed by atoms with Crippen LogP contribution in [0.2, 0.25) is 0 Å². The lowest BCUT2D eigenvalue weighted by atomic mass is 10.1. The quantitative estimate of drug-likeness (QED) is 0.364. The highest BCUT2D eigenvalue weighted by molar-refractivity contribution is 5.79. The second-order valence-electron chi connectivity index (χ2n) is 7.47. The summed E-state index contributed by atoms with van der Waals surface area (Å²) < 4.78 is 0. The lowest BCUT2D eigenvalue weighted by molar-refractivity contribution is 0.173. The van der Waals surface area contributed by atoms with Crippen molar-refractivity contribution in [3.05, 3.63) is 0 Å². The maximum absolute atomic E-state index is 4.81. The average Bonchev–Trinajstić information content (AvgIpc) is 2.99. The fourth-order valence-electron chi connectivity index (χ4n) is 3.49. The first kappa shape index (κ1) is 21.2. The maximum atomic E-state index is 4.81. The Bertz CT molecular complexity index is 346. The molecule has 5 heteroatoms. The van der Waals surface area contributed by atoms with Gasteiger partial charge in [0.1, 0.15) is 0 Å². The molecule has 2 N–H and O–H groups in total. The molecule has 142 valence electrons. The summed E-state index contributed by atoms with van der Waals surface area (Å²) in [6.45, 7) is 21.1. The maximum Gasteiger partial charge on any atom is 0.191 e. The fraction of sp³-hybridized carbons (Fsp3) is 0.947. The summed E-state index contributed by atoms with van der Waals surface area (Å²) >= 11 is 0. The Morgan fingerprint density at radius 2 is 1.88 bits per heavy atom. The van der Waals surface area contributed by atoms with Crippen LogP contribution in [0.4, 0.5) is 0 Å². The van der Waals surface area contributed by atoms with Crippen LogP contribution < -0.4 is 10.6 Å². The standard InChI is InChI=1S/C19H41N5/c1-7-20-19(22-14-18-10-13-23(8-2)15-18)21-11-9-12-24(16(3)4)17(5)6/h16-18H,7-15H2,1-6H3,(H2,20,21,22). The summed E-state index contributed by atoms with van der Waals surface area (Å²) in [5.74, 6) is 1.70. The normalized spacial score (nSPS) is 19.7. The average molecular weight is 340 g/mol. The molecule has 1 rings (SSSR count). The van der Waals surface area contributed by atoms with Gasteiger partial charge in [-0.15, -0.1) is 0 Å². The molecule has 0 aromatic heterocycles. The van der Waals surface area contributed by atoms with E-state index in [1.807, 2.05) is 0 Å². The number of aliphatic imine (C=N–C) groups is 1. The highest BCUT2D eigenvalue weighted by Gasteiger charge is 2.20. The summed E-state index contributed by atoms with van der Waals surface area (Å²) in [6.07, 6.45) is 2.43. The molecule has 1 heterocycles. The van der Waals surface area contributed by atoms with Gasteiger partial charge in [-0.2, -0.15) is 0 Å². The molecule has 1 saturated heterocycles. The third-order valence-corrected chi connectivity index (χ3v) is 4.88. The second-order valence-corrected chi connectivity index (χ2v) is 7.47. The van der Waals surface area contributed by atoms with Gasteiger partial charge in [0.05, 0.1) is 0 Å². The molecule has 0 spiro atoms. The summed E-state index contributed by atoms with van der Waals surface area (Å²) in [5.41, 5.74) is 0. The van der Waals surface area contributed by atoms with Gasteiger partial charge in [0, 0.05) is 44.8 Å². The zero-order valence-electron chi connectivity index (χ0n) is 16.9. The first-order valence-corrected chi connectivity index (χ1v) is 9.98. The zero-order valence-corrected chi connectivity index (χ0v) is 16.9. The molecule has 1 unspecified atom stereocenters. The SMILES string of the molecule is CCNC(=NCC1CCN(CC)C1)NCCCN(C(C)C)C(C)C. The van der Waals surface area contributed by atoms with Gasteiger partial charge in [-0.25, -0.2) is 0 Å². The number of nitrogens with zero attached hydrogens (tertiary/aromatic N) is 3. The molecular weight excluding hydrogens is 298 g/mol. The van der Waals surface area contributed by atoms with Crippen molar-refractivity contribution in [2.24, 2.45) is 10.9 Å². The van der Waals surface area contributed by atoms with Crippen LogP contribution in [0.3, 0.4) is 0 Å². The van der Waals surface area contributed by atoms with E-state index in [0.29, 0.717) is 12.1 Å².